The van der Waals surface area contributed by atoms with Crippen molar-refractivity contribution in [2.75, 3.05) is 11.4 Å². The Labute approximate surface area is 126 Å². The zero-order valence-electron chi connectivity index (χ0n) is 10.8. The van der Waals surface area contributed by atoms with Crippen molar-refractivity contribution in [2.45, 2.75) is 4.90 Å². The summed E-state index contributed by atoms with van der Waals surface area (Å²) >= 11 is 5.80. The van der Waals surface area contributed by atoms with Crippen LogP contribution in [0.15, 0.2) is 47.5 Å². The van der Waals surface area contributed by atoms with E-state index >= 15 is 0 Å². The van der Waals surface area contributed by atoms with Crippen molar-refractivity contribution in [1.29, 1.82) is 0 Å². The second-order valence-corrected chi connectivity index (χ2v) is 6.33. The van der Waals surface area contributed by atoms with Crippen molar-refractivity contribution in [3.05, 3.63) is 57.9 Å². The highest BCUT2D eigenvalue weighted by atomic mass is 35.5. The van der Waals surface area contributed by atoms with Crippen LogP contribution >= 0.6 is 11.6 Å². The molecule has 0 bridgehead atoms. The summed E-state index contributed by atoms with van der Waals surface area (Å²) in [5.41, 5.74) is 0.157. The van der Waals surface area contributed by atoms with E-state index in [4.69, 9.17) is 11.6 Å². The van der Waals surface area contributed by atoms with Crippen molar-refractivity contribution in [3.8, 4) is 0 Å². The zero-order valence-corrected chi connectivity index (χ0v) is 12.4. The van der Waals surface area contributed by atoms with Crippen LogP contribution in [0.2, 0.25) is 5.15 Å². The second kappa shape index (κ2) is 5.66. The van der Waals surface area contributed by atoms with Crippen LogP contribution in [-0.4, -0.2) is 25.4 Å². The fourth-order valence-corrected chi connectivity index (χ4v) is 3.26. The molecule has 1 aromatic carbocycles. The molecule has 0 fully saturated rings. The monoisotopic (exact) mass is 327 g/mol. The van der Waals surface area contributed by atoms with Crippen LogP contribution in [0.4, 0.5) is 11.4 Å². The van der Waals surface area contributed by atoms with E-state index in [1.54, 1.807) is 0 Å². The lowest BCUT2D eigenvalue weighted by Crippen LogP contribution is -2.26. The molecule has 1 heterocycles. The average molecular weight is 328 g/mol. The molecule has 2 aromatic rings. The first kappa shape index (κ1) is 15.2. The predicted molar refractivity (Wildman–Crippen MR) is 77.9 cm³/mol. The van der Waals surface area contributed by atoms with Crippen LogP contribution < -0.4 is 4.31 Å². The maximum Gasteiger partial charge on any atom is 0.269 e. The van der Waals surface area contributed by atoms with Gasteiger partial charge in [0.25, 0.3) is 15.7 Å². The molecule has 0 unspecified atom stereocenters. The van der Waals surface area contributed by atoms with Crippen LogP contribution in [0.1, 0.15) is 0 Å². The minimum absolute atomic E-state index is 0.121. The van der Waals surface area contributed by atoms with E-state index in [0.29, 0.717) is 0 Å². The Morgan fingerprint density at radius 3 is 2.38 bits per heavy atom. The third-order valence-corrected chi connectivity index (χ3v) is 5.02. The molecule has 0 saturated carbocycles. The topological polar surface area (TPSA) is 93.4 Å². The number of pyridine rings is 1. The molecule has 1 aromatic heterocycles. The number of nitrogens with zero attached hydrogens (tertiary/aromatic N) is 3. The molecule has 7 nitrogen and oxygen atoms in total. The first-order valence-corrected chi connectivity index (χ1v) is 7.50. The van der Waals surface area contributed by atoms with E-state index < -0.39 is 14.9 Å². The lowest BCUT2D eigenvalue weighted by atomic mass is 10.3. The molecule has 0 aliphatic heterocycles. The van der Waals surface area contributed by atoms with Crippen LogP contribution in [0.25, 0.3) is 0 Å². The summed E-state index contributed by atoms with van der Waals surface area (Å²) in [6.45, 7) is 0. The molecular formula is C12H10ClN3O4S. The summed E-state index contributed by atoms with van der Waals surface area (Å²) in [4.78, 5) is 13.6. The fraction of sp³-hybridized carbons (Fsp3) is 0.0833. The summed E-state index contributed by atoms with van der Waals surface area (Å²) in [6, 6.07) is 7.95. The van der Waals surface area contributed by atoms with Gasteiger partial charge in [-0.05, 0) is 24.3 Å². The van der Waals surface area contributed by atoms with E-state index in [1.165, 1.54) is 49.6 Å². The Balaban J connectivity index is 2.41. The van der Waals surface area contributed by atoms with Crippen molar-refractivity contribution >= 4 is 33.0 Å². The molecule has 0 amide bonds. The van der Waals surface area contributed by atoms with Gasteiger partial charge in [-0.2, -0.15) is 0 Å². The number of anilines is 1. The maximum absolute atomic E-state index is 12.4. The van der Waals surface area contributed by atoms with Gasteiger partial charge in [0.15, 0.2) is 0 Å². The summed E-state index contributed by atoms with van der Waals surface area (Å²) in [7, 11) is -2.55. The first-order valence-electron chi connectivity index (χ1n) is 5.68. The van der Waals surface area contributed by atoms with Gasteiger partial charge in [-0.1, -0.05) is 11.6 Å². The van der Waals surface area contributed by atoms with E-state index in [0.717, 1.165) is 4.31 Å². The Hall–Kier alpha value is -2.19. The summed E-state index contributed by atoms with van der Waals surface area (Å²) in [5, 5.41) is 10.5. The van der Waals surface area contributed by atoms with Gasteiger partial charge in [0.1, 0.15) is 10.0 Å². The number of halogens is 1. The van der Waals surface area contributed by atoms with Gasteiger partial charge in [-0.25, -0.2) is 13.4 Å². The smallest absolute Gasteiger partial charge is 0.269 e. The van der Waals surface area contributed by atoms with Gasteiger partial charge in [0, 0.05) is 25.4 Å². The highest BCUT2D eigenvalue weighted by Crippen LogP contribution is 2.26. The fourth-order valence-electron chi connectivity index (χ4n) is 1.63. The normalized spacial score (nSPS) is 11.1. The molecule has 110 valence electrons. The molecule has 0 radical (unpaired) electrons. The van der Waals surface area contributed by atoms with Gasteiger partial charge in [-0.15, -0.1) is 0 Å². The zero-order chi connectivity index (χ0) is 15.6. The molecule has 0 aliphatic rings. The number of nitro benzene ring substituents is 1. The lowest BCUT2D eigenvalue weighted by molar-refractivity contribution is -0.384. The van der Waals surface area contributed by atoms with Crippen LogP contribution in [-0.2, 0) is 10.0 Å². The summed E-state index contributed by atoms with van der Waals surface area (Å²) < 4.78 is 25.9. The number of sulfonamides is 1. The van der Waals surface area contributed by atoms with Gasteiger partial charge in [-0.3, -0.25) is 14.4 Å². The van der Waals surface area contributed by atoms with Crippen molar-refractivity contribution in [3.63, 3.8) is 0 Å². The number of hydrogen-bond donors (Lipinski definition) is 0. The van der Waals surface area contributed by atoms with Crippen molar-refractivity contribution in [2.24, 2.45) is 0 Å². The van der Waals surface area contributed by atoms with Gasteiger partial charge < -0.3 is 0 Å². The molecule has 0 spiro atoms. The molecule has 0 saturated heterocycles. The number of aromatic nitrogens is 1. The van der Waals surface area contributed by atoms with E-state index in [2.05, 4.69) is 4.98 Å². The van der Waals surface area contributed by atoms with Crippen molar-refractivity contribution in [1.82, 2.24) is 4.98 Å². The van der Waals surface area contributed by atoms with Gasteiger partial charge in [0.2, 0.25) is 0 Å². The van der Waals surface area contributed by atoms with E-state index in [-0.39, 0.29) is 21.4 Å². The molecule has 9 heteroatoms. The average Bonchev–Trinajstić information content (AvgIpc) is 2.46. The number of non-ortho nitro benzene ring substituents is 1. The summed E-state index contributed by atoms with van der Waals surface area (Å²) in [5.74, 6) is 0. The first-order chi connectivity index (χ1) is 9.84. The highest BCUT2D eigenvalue weighted by Gasteiger charge is 2.24. The lowest BCUT2D eigenvalue weighted by Gasteiger charge is -2.19. The number of nitro groups is 1. The Morgan fingerprint density at radius 1 is 1.24 bits per heavy atom. The number of hydrogen-bond acceptors (Lipinski definition) is 5. The molecule has 21 heavy (non-hydrogen) atoms. The predicted octanol–water partition coefficient (Wildman–Crippen LogP) is 2.47. The van der Waals surface area contributed by atoms with Crippen molar-refractivity contribution < 1.29 is 13.3 Å². The van der Waals surface area contributed by atoms with Crippen LogP contribution in [0, 0.1) is 10.1 Å². The summed E-state index contributed by atoms with van der Waals surface area (Å²) in [6.07, 6.45) is 1.38. The highest BCUT2D eigenvalue weighted by molar-refractivity contribution is 7.92. The minimum atomic E-state index is -3.89. The number of rotatable bonds is 4. The minimum Gasteiger partial charge on any atom is -0.269 e. The largest absolute Gasteiger partial charge is 0.269 e. The Morgan fingerprint density at radius 2 is 1.86 bits per heavy atom. The van der Waals surface area contributed by atoms with Crippen LogP contribution in [0.3, 0.4) is 0 Å². The molecule has 0 atom stereocenters. The molecule has 0 N–H and O–H groups in total. The second-order valence-electron chi connectivity index (χ2n) is 4.04. The Bertz CT molecular complexity index is 777. The van der Waals surface area contributed by atoms with Crippen LogP contribution in [0.5, 0.6) is 0 Å². The van der Waals surface area contributed by atoms with Gasteiger partial charge >= 0.3 is 0 Å². The van der Waals surface area contributed by atoms with Gasteiger partial charge in [0.05, 0.1) is 10.6 Å². The Kier molecular flexibility index (Phi) is 4.10. The van der Waals surface area contributed by atoms with E-state index in [9.17, 15) is 18.5 Å². The standard InChI is InChI=1S/C12H10ClN3O4S/c1-15(9-4-6-10(7-5-9)16(17)18)21(19,20)11-3-2-8-14-12(11)13/h2-8H,1H3. The molecule has 0 aliphatic carbocycles. The molecule has 2 rings (SSSR count). The maximum atomic E-state index is 12.4. The number of benzene rings is 1. The third-order valence-electron chi connectivity index (χ3n) is 2.79. The third kappa shape index (κ3) is 2.96. The SMILES string of the molecule is CN(c1ccc([N+](=O)[O-])cc1)S(=O)(=O)c1cccnc1Cl. The molecular weight excluding hydrogens is 318 g/mol. The quantitative estimate of drug-likeness (QED) is 0.488. The van der Waals surface area contributed by atoms with E-state index in [1.807, 2.05) is 0 Å².